The van der Waals surface area contributed by atoms with Crippen molar-refractivity contribution in [2.24, 2.45) is 5.92 Å². The SMILES string of the molecule is Fc1ccc(CC(Br)CCC2CCCCC2)cc1. The molecule has 0 aliphatic heterocycles. The number of benzene rings is 1. The number of hydrogen-bond acceptors (Lipinski definition) is 0. The van der Waals surface area contributed by atoms with Crippen molar-refractivity contribution in [3.05, 3.63) is 35.6 Å². The van der Waals surface area contributed by atoms with Gasteiger partial charge in [0.15, 0.2) is 0 Å². The number of rotatable bonds is 5. The molecule has 0 saturated heterocycles. The highest BCUT2D eigenvalue weighted by Gasteiger charge is 2.15. The molecule has 100 valence electrons. The van der Waals surface area contributed by atoms with E-state index in [0.29, 0.717) is 4.83 Å². The Kier molecular flexibility index (Phi) is 5.68. The molecule has 0 bridgehead atoms. The maximum atomic E-state index is 12.8. The first-order chi connectivity index (χ1) is 8.74. The molecule has 0 amide bonds. The smallest absolute Gasteiger partial charge is 0.123 e. The highest BCUT2D eigenvalue weighted by atomic mass is 79.9. The number of hydrogen-bond donors (Lipinski definition) is 0. The van der Waals surface area contributed by atoms with Gasteiger partial charge in [0.05, 0.1) is 0 Å². The lowest BCUT2D eigenvalue weighted by atomic mass is 9.85. The Morgan fingerprint density at radius 3 is 2.44 bits per heavy atom. The fraction of sp³-hybridized carbons (Fsp3) is 0.625. The fourth-order valence-corrected chi connectivity index (χ4v) is 3.51. The van der Waals surface area contributed by atoms with Crippen LogP contribution in [0, 0.1) is 11.7 Å². The Balaban J connectivity index is 1.71. The average Bonchev–Trinajstić information content (AvgIpc) is 2.40. The lowest BCUT2D eigenvalue weighted by Crippen LogP contribution is -2.10. The van der Waals surface area contributed by atoms with Crippen molar-refractivity contribution in [1.82, 2.24) is 0 Å². The topological polar surface area (TPSA) is 0 Å². The molecule has 18 heavy (non-hydrogen) atoms. The van der Waals surface area contributed by atoms with Gasteiger partial charge in [0.2, 0.25) is 0 Å². The van der Waals surface area contributed by atoms with E-state index >= 15 is 0 Å². The van der Waals surface area contributed by atoms with Crippen LogP contribution >= 0.6 is 15.9 Å². The third-order valence-corrected chi connectivity index (χ3v) is 4.76. The summed E-state index contributed by atoms with van der Waals surface area (Å²) in [6, 6.07) is 6.89. The molecule has 1 saturated carbocycles. The van der Waals surface area contributed by atoms with Crippen LogP contribution in [-0.2, 0) is 6.42 Å². The summed E-state index contributed by atoms with van der Waals surface area (Å²) in [6.45, 7) is 0. The third kappa shape index (κ3) is 4.72. The third-order valence-electron chi connectivity index (χ3n) is 3.98. The van der Waals surface area contributed by atoms with Gasteiger partial charge in [-0.1, -0.05) is 60.2 Å². The van der Waals surface area contributed by atoms with Gasteiger partial charge in [-0.25, -0.2) is 4.39 Å². The van der Waals surface area contributed by atoms with Crippen molar-refractivity contribution in [1.29, 1.82) is 0 Å². The Morgan fingerprint density at radius 2 is 1.78 bits per heavy atom. The van der Waals surface area contributed by atoms with Crippen LogP contribution in [0.15, 0.2) is 24.3 Å². The van der Waals surface area contributed by atoms with Crippen molar-refractivity contribution in [3.63, 3.8) is 0 Å². The Morgan fingerprint density at radius 1 is 1.11 bits per heavy atom. The quantitative estimate of drug-likeness (QED) is 0.630. The van der Waals surface area contributed by atoms with Crippen LogP contribution in [0.5, 0.6) is 0 Å². The molecule has 1 unspecified atom stereocenters. The molecule has 1 aromatic rings. The lowest BCUT2D eigenvalue weighted by molar-refractivity contribution is 0.331. The van der Waals surface area contributed by atoms with E-state index in [4.69, 9.17) is 0 Å². The van der Waals surface area contributed by atoms with Gasteiger partial charge in [-0.2, -0.15) is 0 Å². The molecule has 2 heteroatoms. The molecule has 0 nitrogen and oxygen atoms in total. The van der Waals surface area contributed by atoms with Gasteiger partial charge in [-0.15, -0.1) is 0 Å². The minimum absolute atomic E-state index is 0.146. The molecule has 0 spiro atoms. The molecular formula is C16H22BrF. The van der Waals surface area contributed by atoms with Crippen LogP contribution in [0.25, 0.3) is 0 Å². The first-order valence-corrected chi connectivity index (χ1v) is 8.04. The minimum Gasteiger partial charge on any atom is -0.207 e. The molecule has 0 radical (unpaired) electrons. The second-order valence-electron chi connectivity index (χ2n) is 5.51. The Hall–Kier alpha value is -0.370. The molecule has 1 aromatic carbocycles. The Labute approximate surface area is 118 Å². The largest absolute Gasteiger partial charge is 0.207 e. The molecule has 1 fully saturated rings. The second-order valence-corrected chi connectivity index (χ2v) is 6.80. The molecule has 0 aromatic heterocycles. The zero-order valence-corrected chi connectivity index (χ0v) is 12.5. The standard InChI is InChI=1S/C16H22BrF/c17-15(9-6-13-4-2-1-3-5-13)12-14-7-10-16(18)11-8-14/h7-8,10-11,13,15H,1-6,9,12H2. The van der Waals surface area contributed by atoms with E-state index in [-0.39, 0.29) is 5.82 Å². The summed E-state index contributed by atoms with van der Waals surface area (Å²) in [6.07, 6.45) is 10.7. The molecular weight excluding hydrogens is 291 g/mol. The molecule has 1 aliphatic carbocycles. The summed E-state index contributed by atoms with van der Waals surface area (Å²) in [7, 11) is 0. The Bertz CT molecular complexity index is 341. The first-order valence-electron chi connectivity index (χ1n) is 7.12. The monoisotopic (exact) mass is 312 g/mol. The average molecular weight is 313 g/mol. The van der Waals surface area contributed by atoms with Gasteiger partial charge >= 0.3 is 0 Å². The van der Waals surface area contributed by atoms with Crippen LogP contribution in [0.4, 0.5) is 4.39 Å². The summed E-state index contributed by atoms with van der Waals surface area (Å²) in [5, 5.41) is 0. The van der Waals surface area contributed by atoms with Crippen LogP contribution in [0.2, 0.25) is 0 Å². The van der Waals surface area contributed by atoms with Crippen molar-refractivity contribution in [3.8, 4) is 0 Å². The van der Waals surface area contributed by atoms with Crippen molar-refractivity contribution >= 4 is 15.9 Å². The van der Waals surface area contributed by atoms with E-state index < -0.39 is 0 Å². The van der Waals surface area contributed by atoms with Crippen LogP contribution < -0.4 is 0 Å². The zero-order valence-electron chi connectivity index (χ0n) is 10.9. The second kappa shape index (κ2) is 7.28. The zero-order chi connectivity index (χ0) is 12.8. The van der Waals surface area contributed by atoms with Crippen molar-refractivity contribution in [2.75, 3.05) is 0 Å². The maximum absolute atomic E-state index is 12.8. The van der Waals surface area contributed by atoms with E-state index in [1.54, 1.807) is 12.1 Å². The van der Waals surface area contributed by atoms with E-state index in [1.165, 1.54) is 50.5 Å². The predicted octanol–water partition coefficient (Wildman–Crippen LogP) is 5.49. The van der Waals surface area contributed by atoms with Gasteiger partial charge in [-0.3, -0.25) is 0 Å². The molecule has 0 heterocycles. The minimum atomic E-state index is -0.146. The normalized spacial score (nSPS) is 18.8. The van der Waals surface area contributed by atoms with E-state index in [2.05, 4.69) is 15.9 Å². The maximum Gasteiger partial charge on any atom is 0.123 e. The van der Waals surface area contributed by atoms with Gasteiger partial charge in [0.1, 0.15) is 5.82 Å². The summed E-state index contributed by atoms with van der Waals surface area (Å²) in [4.78, 5) is 0.532. The van der Waals surface area contributed by atoms with E-state index in [9.17, 15) is 4.39 Å². The van der Waals surface area contributed by atoms with E-state index in [0.717, 1.165) is 12.3 Å². The van der Waals surface area contributed by atoms with Gasteiger partial charge in [0.25, 0.3) is 0 Å². The van der Waals surface area contributed by atoms with Crippen molar-refractivity contribution in [2.45, 2.75) is 56.2 Å². The van der Waals surface area contributed by atoms with Crippen LogP contribution in [-0.4, -0.2) is 4.83 Å². The molecule has 2 rings (SSSR count). The van der Waals surface area contributed by atoms with Crippen LogP contribution in [0.3, 0.4) is 0 Å². The summed E-state index contributed by atoms with van der Waals surface area (Å²) in [5.74, 6) is 0.805. The number of alkyl halides is 1. The first kappa shape index (κ1) is 14.0. The van der Waals surface area contributed by atoms with E-state index in [1.807, 2.05) is 12.1 Å². The predicted molar refractivity (Wildman–Crippen MR) is 78.6 cm³/mol. The molecule has 0 N–H and O–H groups in total. The molecule has 1 atom stereocenters. The highest BCUT2D eigenvalue weighted by molar-refractivity contribution is 9.09. The van der Waals surface area contributed by atoms with Gasteiger partial charge < -0.3 is 0 Å². The number of halogens is 2. The highest BCUT2D eigenvalue weighted by Crippen LogP contribution is 2.29. The van der Waals surface area contributed by atoms with Crippen molar-refractivity contribution < 1.29 is 4.39 Å². The van der Waals surface area contributed by atoms with Gasteiger partial charge in [0, 0.05) is 4.83 Å². The lowest BCUT2D eigenvalue weighted by Gasteiger charge is -2.22. The summed E-state index contributed by atoms with van der Waals surface area (Å²) < 4.78 is 12.8. The van der Waals surface area contributed by atoms with Gasteiger partial charge in [-0.05, 0) is 42.9 Å². The summed E-state index contributed by atoms with van der Waals surface area (Å²) in [5.41, 5.74) is 1.22. The summed E-state index contributed by atoms with van der Waals surface area (Å²) >= 11 is 3.77. The van der Waals surface area contributed by atoms with Crippen LogP contribution in [0.1, 0.15) is 50.5 Å². The molecule has 1 aliphatic rings. The fourth-order valence-electron chi connectivity index (χ4n) is 2.87.